The van der Waals surface area contributed by atoms with Gasteiger partial charge in [0.2, 0.25) is 0 Å². The van der Waals surface area contributed by atoms with Gasteiger partial charge in [-0.15, -0.1) is 0 Å². The van der Waals surface area contributed by atoms with E-state index in [9.17, 15) is 4.79 Å². The summed E-state index contributed by atoms with van der Waals surface area (Å²) in [4.78, 5) is 13.2. The molecule has 9 heavy (non-hydrogen) atoms. The van der Waals surface area contributed by atoms with Crippen LogP contribution < -0.4 is 0 Å². The van der Waals surface area contributed by atoms with Crippen LogP contribution in [0.5, 0.6) is 0 Å². The van der Waals surface area contributed by atoms with Gasteiger partial charge in [-0.1, -0.05) is 0 Å². The Morgan fingerprint density at radius 3 is 2.78 bits per heavy atom. The molecule has 0 aromatic carbocycles. The van der Waals surface area contributed by atoms with Crippen LogP contribution in [0.15, 0.2) is 0 Å². The van der Waals surface area contributed by atoms with Crippen LogP contribution in [0.4, 0.5) is 0 Å². The van der Waals surface area contributed by atoms with Crippen molar-refractivity contribution in [1.82, 2.24) is 0 Å². The second-order valence-electron chi connectivity index (χ2n) is 1.27. The van der Waals surface area contributed by atoms with Gasteiger partial charge >= 0.3 is 68.7 Å². The summed E-state index contributed by atoms with van der Waals surface area (Å²) < 4.78 is 4.68. The topological polar surface area (TPSA) is 62.7 Å². The first kappa shape index (κ1) is 8.79. The Balaban J connectivity index is 3.89. The maximum absolute atomic E-state index is 10.5. The molecule has 5 heteroatoms. The summed E-state index contributed by atoms with van der Waals surface area (Å²) in [6, 6.07) is 0. The average Bonchev–Trinajstić information content (AvgIpc) is 1.87. The van der Waals surface area contributed by atoms with E-state index in [0.29, 0.717) is 6.61 Å². The quantitative estimate of drug-likeness (QED) is 0.231. The van der Waals surface area contributed by atoms with E-state index in [1.165, 1.54) is 0 Å². The molecule has 0 heterocycles. The fourth-order valence-electron chi connectivity index (χ4n) is 0.255. The summed E-state index contributed by atoms with van der Waals surface area (Å²) in [5.41, 5.74) is 8.07. The Labute approximate surface area is 68.8 Å². The number of hydrogen-bond acceptors (Lipinski definition) is 2. The molecule has 4 nitrogen and oxygen atoms in total. The first-order chi connectivity index (χ1) is 4.22. The molecule has 0 aromatic rings. The van der Waals surface area contributed by atoms with Crippen LogP contribution in [0.1, 0.15) is 6.92 Å². The van der Waals surface area contributed by atoms with E-state index >= 15 is 0 Å². The fraction of sp³-hybridized carbons (Fsp3) is 0.500. The first-order valence-corrected chi connectivity index (χ1v) is 5.18. The van der Waals surface area contributed by atoms with Gasteiger partial charge in [0.25, 0.3) is 0 Å². The van der Waals surface area contributed by atoms with Gasteiger partial charge in [0.05, 0.1) is 0 Å². The maximum atomic E-state index is 10.5. The molecule has 0 aliphatic heterocycles. The third-order valence-corrected chi connectivity index (χ3v) is 2.30. The summed E-state index contributed by atoms with van der Waals surface area (Å²) in [5.74, 6) is -0.497. The van der Waals surface area contributed by atoms with Gasteiger partial charge < -0.3 is 0 Å². The molecule has 0 spiro atoms. The molecular weight excluding hydrogens is 309 g/mol. The van der Waals surface area contributed by atoms with E-state index < -0.39 is 5.97 Å². The molecule has 0 rings (SSSR count). The second kappa shape index (κ2) is 4.64. The predicted octanol–water partition coefficient (Wildman–Crippen LogP) is -0.275. The Bertz CT molecular complexity index is 162. The molecule has 0 unspecified atom stereocenters. The zero-order valence-corrected chi connectivity index (χ0v) is 10.6. The van der Waals surface area contributed by atoms with Gasteiger partial charge in [0, 0.05) is 0 Å². The molecule has 0 saturated heterocycles. The molecule has 0 N–H and O–H groups in total. The number of esters is 1. The van der Waals surface area contributed by atoms with Crippen LogP contribution in [0.2, 0.25) is 0 Å². The standard InChI is InChI=1S/C4H5N2O2.Hg/c1-2-8-4(7)3-6-5;/h2H2,1H3;. The molecule has 0 aliphatic carbocycles. The van der Waals surface area contributed by atoms with Crippen molar-refractivity contribution in [3.8, 4) is 0 Å². The van der Waals surface area contributed by atoms with Crippen LogP contribution in [-0.4, -0.2) is 20.6 Å². The van der Waals surface area contributed by atoms with E-state index in [2.05, 4.69) is 9.53 Å². The Morgan fingerprint density at radius 2 is 2.44 bits per heavy atom. The third-order valence-electron chi connectivity index (χ3n) is 0.632. The van der Waals surface area contributed by atoms with Gasteiger partial charge in [0.1, 0.15) is 0 Å². The van der Waals surface area contributed by atoms with Crippen LogP contribution in [-0.2, 0) is 35.7 Å². The molecule has 0 radical (unpaired) electrons. The summed E-state index contributed by atoms with van der Waals surface area (Å²) in [7, 11) is 0. The summed E-state index contributed by atoms with van der Waals surface area (Å²) in [6.45, 7) is 2.03. The van der Waals surface area contributed by atoms with E-state index in [0.717, 1.165) is 0 Å². The van der Waals surface area contributed by atoms with Gasteiger partial charge in [0.15, 0.2) is 0 Å². The molecule has 0 amide bonds. The molecule has 0 bridgehead atoms. The number of carbonyl (C=O) groups excluding carboxylic acids is 1. The van der Waals surface area contributed by atoms with Crippen molar-refractivity contribution in [2.24, 2.45) is 0 Å². The normalized spacial score (nSPS) is 7.89. The van der Waals surface area contributed by atoms with Gasteiger partial charge in [-0.25, -0.2) is 0 Å². The van der Waals surface area contributed by atoms with Crippen LogP contribution in [0.3, 0.4) is 0 Å². The molecular formula is C4H5HgN2O2. The van der Waals surface area contributed by atoms with Crippen molar-refractivity contribution in [2.45, 2.75) is 6.92 Å². The van der Waals surface area contributed by atoms with Gasteiger partial charge in [-0.05, 0) is 0 Å². The Kier molecular flexibility index (Phi) is 4.53. The minimum absolute atomic E-state index is 0.0294. The zero-order chi connectivity index (χ0) is 7.28. The predicted molar refractivity (Wildman–Crippen MR) is 25.3 cm³/mol. The third kappa shape index (κ3) is 3.38. The van der Waals surface area contributed by atoms with Crippen molar-refractivity contribution in [3.63, 3.8) is 0 Å². The van der Waals surface area contributed by atoms with Crippen LogP contribution >= 0.6 is 0 Å². The zero-order valence-electron chi connectivity index (χ0n) is 5.13. The SMILES string of the molecule is CCOC(=O)[C]([Hg])=[N+]=[N-]. The molecule has 0 atom stereocenters. The number of nitrogens with zero attached hydrogens (tertiary/aromatic N) is 2. The molecule has 0 saturated carbocycles. The molecule has 45 valence electrons. The van der Waals surface area contributed by atoms with Crippen LogP contribution in [0, 0.1) is 0 Å². The van der Waals surface area contributed by atoms with Crippen molar-refractivity contribution in [2.75, 3.05) is 6.61 Å². The van der Waals surface area contributed by atoms with Gasteiger partial charge in [-0.3, -0.25) is 0 Å². The average molecular weight is 314 g/mol. The Morgan fingerprint density at radius 1 is 1.89 bits per heavy atom. The summed E-state index contributed by atoms with van der Waals surface area (Å²) >= 11 is 0.0294. The van der Waals surface area contributed by atoms with E-state index in [1.54, 1.807) is 6.92 Å². The first-order valence-electron chi connectivity index (χ1n) is 2.43. The summed E-state index contributed by atoms with van der Waals surface area (Å²) in [6.07, 6.45) is 0. The van der Waals surface area contributed by atoms with E-state index in [-0.39, 0.29) is 29.3 Å². The minimum atomic E-state index is -0.497. The van der Waals surface area contributed by atoms with E-state index in [1.807, 2.05) is 0 Å². The molecule has 0 fully saturated rings. The number of rotatable bonds is 2. The van der Waals surface area contributed by atoms with Crippen molar-refractivity contribution in [3.05, 3.63) is 5.53 Å². The molecule has 0 aromatic heterocycles. The Hall–Kier alpha value is -0.215. The van der Waals surface area contributed by atoms with Crippen molar-refractivity contribution < 1.29 is 40.4 Å². The van der Waals surface area contributed by atoms with Gasteiger partial charge in [-0.2, -0.15) is 0 Å². The van der Waals surface area contributed by atoms with Crippen molar-refractivity contribution in [1.29, 1.82) is 0 Å². The van der Waals surface area contributed by atoms with E-state index in [4.69, 9.17) is 5.53 Å². The number of carbonyl (C=O) groups is 1. The second-order valence-corrected chi connectivity index (χ2v) is 3.87. The van der Waals surface area contributed by atoms with Crippen molar-refractivity contribution >= 4 is 9.19 Å². The number of hydrogen-bond donors (Lipinski definition) is 0. The monoisotopic (exact) mass is 315 g/mol. The van der Waals surface area contributed by atoms with Crippen LogP contribution in [0.25, 0.3) is 5.53 Å². The fourth-order valence-corrected chi connectivity index (χ4v) is 0.652. The number of ether oxygens (including phenoxy) is 1. The summed E-state index contributed by atoms with van der Waals surface area (Å²) in [5, 5.41) is 0. The molecule has 0 aliphatic rings.